The summed E-state index contributed by atoms with van der Waals surface area (Å²) in [5.41, 5.74) is 1.83. The van der Waals surface area contributed by atoms with E-state index in [0.717, 1.165) is 18.4 Å². The van der Waals surface area contributed by atoms with Crippen LogP contribution in [0.1, 0.15) is 45.6 Å². The van der Waals surface area contributed by atoms with Gasteiger partial charge in [-0.2, -0.15) is 0 Å². The second-order valence-electron chi connectivity index (χ2n) is 10.2. The van der Waals surface area contributed by atoms with Crippen LogP contribution >= 0.6 is 0 Å². The highest BCUT2D eigenvalue weighted by Crippen LogP contribution is 2.42. The molecule has 3 aliphatic rings. The second kappa shape index (κ2) is 6.54. The van der Waals surface area contributed by atoms with Gasteiger partial charge < -0.3 is 9.31 Å². The van der Waals surface area contributed by atoms with Gasteiger partial charge in [0, 0.05) is 18.7 Å². The Hall–Kier alpha value is -2.43. The van der Waals surface area contributed by atoms with Crippen molar-refractivity contribution in [2.24, 2.45) is 10.9 Å². The molecule has 1 aliphatic carbocycles. The van der Waals surface area contributed by atoms with Crippen molar-refractivity contribution in [1.82, 2.24) is 0 Å². The summed E-state index contributed by atoms with van der Waals surface area (Å²) < 4.78 is 12.6. The molecule has 2 heterocycles. The third-order valence-electron chi connectivity index (χ3n) is 7.84. The molecule has 156 valence electrons. The van der Waals surface area contributed by atoms with E-state index in [4.69, 9.17) is 14.3 Å². The summed E-state index contributed by atoms with van der Waals surface area (Å²) in [6, 6.07) is 15.8. The van der Waals surface area contributed by atoms with E-state index in [0.29, 0.717) is 11.8 Å². The van der Waals surface area contributed by atoms with Crippen LogP contribution in [0.15, 0.2) is 59.0 Å². The van der Waals surface area contributed by atoms with Gasteiger partial charge in [-0.1, -0.05) is 54.6 Å². The molecule has 3 aromatic carbocycles. The number of hydrogen-bond donors (Lipinski definition) is 0. The molecule has 6 rings (SSSR count). The van der Waals surface area contributed by atoms with Crippen LogP contribution in [-0.4, -0.2) is 31.1 Å². The first-order valence-electron chi connectivity index (χ1n) is 11.4. The monoisotopic (exact) mass is 409 g/mol. The van der Waals surface area contributed by atoms with Gasteiger partial charge in [-0.3, -0.25) is 4.99 Å². The Morgan fingerprint density at radius 2 is 1.61 bits per heavy atom. The topological polar surface area (TPSA) is 30.8 Å². The fourth-order valence-electron chi connectivity index (χ4n) is 5.39. The van der Waals surface area contributed by atoms with Gasteiger partial charge in [0.05, 0.1) is 11.2 Å². The molecule has 0 N–H and O–H groups in total. The Kier molecular flexibility index (Phi) is 4.07. The predicted molar refractivity (Wildman–Crippen MR) is 130 cm³/mol. The first kappa shape index (κ1) is 19.3. The normalized spacial score (nSPS) is 26.3. The van der Waals surface area contributed by atoms with Crippen molar-refractivity contribution in [3.63, 3.8) is 0 Å². The lowest BCUT2D eigenvalue weighted by molar-refractivity contribution is 0.00578. The molecule has 0 bridgehead atoms. The lowest BCUT2D eigenvalue weighted by Gasteiger charge is -2.32. The summed E-state index contributed by atoms with van der Waals surface area (Å²) in [5.74, 6) is 0.751. The smallest absolute Gasteiger partial charge is 0.399 e. The molecule has 2 aliphatic heterocycles. The maximum atomic E-state index is 6.31. The van der Waals surface area contributed by atoms with E-state index in [2.05, 4.69) is 82.3 Å². The molecular weight excluding hydrogens is 381 g/mol. The zero-order valence-corrected chi connectivity index (χ0v) is 18.7. The molecule has 1 fully saturated rings. The summed E-state index contributed by atoms with van der Waals surface area (Å²) in [4.78, 5) is 4.75. The van der Waals surface area contributed by atoms with Crippen molar-refractivity contribution >= 4 is 41.0 Å². The number of hydrogen-bond acceptors (Lipinski definition) is 3. The lowest BCUT2D eigenvalue weighted by atomic mass is 9.71. The van der Waals surface area contributed by atoms with Crippen LogP contribution in [0.3, 0.4) is 0 Å². The SMILES string of the molecule is CC1(C)OB(C2=C[C@@H](C3CC=c4ccc5cccc6ccc3c4c65)CN=C2)OC1(C)C. The number of nitrogens with zero attached hydrogens (tertiary/aromatic N) is 1. The molecule has 31 heavy (non-hydrogen) atoms. The first-order valence-corrected chi connectivity index (χ1v) is 11.4. The van der Waals surface area contributed by atoms with E-state index < -0.39 is 0 Å². The minimum atomic E-state index is -0.351. The molecule has 0 saturated carbocycles. The molecule has 4 heteroatoms. The molecule has 0 radical (unpaired) electrons. The highest BCUT2D eigenvalue weighted by Gasteiger charge is 2.52. The fraction of sp³-hybridized carbons (Fsp3) is 0.370. The molecule has 0 spiro atoms. The van der Waals surface area contributed by atoms with Gasteiger partial charge in [0.25, 0.3) is 0 Å². The average molecular weight is 409 g/mol. The van der Waals surface area contributed by atoms with Crippen LogP contribution in [0.2, 0.25) is 0 Å². The van der Waals surface area contributed by atoms with Crippen LogP contribution in [0, 0.1) is 5.92 Å². The van der Waals surface area contributed by atoms with E-state index in [9.17, 15) is 0 Å². The molecular formula is C27H28BNO2. The zero-order valence-electron chi connectivity index (χ0n) is 18.7. The third kappa shape index (κ3) is 2.85. The number of dihydropyridines is 1. The lowest BCUT2D eigenvalue weighted by Crippen LogP contribution is -2.41. The summed E-state index contributed by atoms with van der Waals surface area (Å²) in [6.45, 7) is 9.21. The molecule has 3 nitrogen and oxygen atoms in total. The van der Waals surface area contributed by atoms with Crippen molar-refractivity contribution in [3.8, 4) is 0 Å². The molecule has 1 saturated heterocycles. The summed E-state index contributed by atoms with van der Waals surface area (Å²) >= 11 is 0. The first-order chi connectivity index (χ1) is 14.8. The van der Waals surface area contributed by atoms with Crippen LogP contribution in [0.25, 0.3) is 27.6 Å². The maximum absolute atomic E-state index is 6.31. The fourth-order valence-corrected chi connectivity index (χ4v) is 5.39. The van der Waals surface area contributed by atoms with Crippen molar-refractivity contribution < 1.29 is 9.31 Å². The Bertz CT molecular complexity index is 1290. The predicted octanol–water partition coefficient (Wildman–Crippen LogP) is 5.24. The number of allylic oxidation sites excluding steroid dienone is 1. The Balaban J connectivity index is 1.41. The van der Waals surface area contributed by atoms with Gasteiger partial charge in [0.15, 0.2) is 0 Å². The molecule has 0 aromatic heterocycles. The van der Waals surface area contributed by atoms with Crippen molar-refractivity contribution in [3.05, 3.63) is 64.8 Å². The Morgan fingerprint density at radius 3 is 2.35 bits per heavy atom. The average Bonchev–Trinajstić information content (AvgIpc) is 2.99. The number of benzene rings is 3. The minimum Gasteiger partial charge on any atom is -0.399 e. The molecule has 1 unspecified atom stereocenters. The number of rotatable bonds is 2. The summed E-state index contributed by atoms with van der Waals surface area (Å²) in [6.07, 6.45) is 7.77. The summed E-state index contributed by atoms with van der Waals surface area (Å²) in [5, 5.41) is 6.83. The van der Waals surface area contributed by atoms with Crippen molar-refractivity contribution in [1.29, 1.82) is 0 Å². The van der Waals surface area contributed by atoms with Gasteiger partial charge in [-0.25, -0.2) is 0 Å². The van der Waals surface area contributed by atoms with Crippen LogP contribution in [0.4, 0.5) is 0 Å². The Labute approximate surface area is 184 Å². The second-order valence-corrected chi connectivity index (χ2v) is 10.2. The van der Waals surface area contributed by atoms with Crippen LogP contribution < -0.4 is 5.22 Å². The van der Waals surface area contributed by atoms with E-state index in [1.54, 1.807) is 0 Å². The van der Waals surface area contributed by atoms with Gasteiger partial charge >= 0.3 is 7.12 Å². The molecule has 0 amide bonds. The van der Waals surface area contributed by atoms with Crippen molar-refractivity contribution in [2.75, 3.05) is 6.54 Å². The zero-order chi connectivity index (χ0) is 21.4. The maximum Gasteiger partial charge on any atom is 0.496 e. The van der Waals surface area contributed by atoms with E-state index in [-0.39, 0.29) is 18.3 Å². The van der Waals surface area contributed by atoms with Gasteiger partial charge in [-0.05, 0) is 77.8 Å². The van der Waals surface area contributed by atoms with E-state index in [1.165, 1.54) is 32.3 Å². The van der Waals surface area contributed by atoms with Crippen molar-refractivity contribution in [2.45, 2.75) is 51.2 Å². The quantitative estimate of drug-likeness (QED) is 0.542. The van der Waals surface area contributed by atoms with E-state index >= 15 is 0 Å². The van der Waals surface area contributed by atoms with Gasteiger partial charge in [0.2, 0.25) is 0 Å². The third-order valence-corrected chi connectivity index (χ3v) is 7.84. The van der Waals surface area contributed by atoms with Crippen LogP contribution in [-0.2, 0) is 9.31 Å². The summed E-state index contributed by atoms with van der Waals surface area (Å²) in [7, 11) is -0.351. The van der Waals surface area contributed by atoms with Crippen LogP contribution in [0.5, 0.6) is 0 Å². The highest BCUT2D eigenvalue weighted by atomic mass is 16.7. The largest absolute Gasteiger partial charge is 0.496 e. The van der Waals surface area contributed by atoms with E-state index in [1.807, 2.05) is 6.21 Å². The Morgan fingerprint density at radius 1 is 0.903 bits per heavy atom. The molecule has 3 aromatic rings. The minimum absolute atomic E-state index is 0.337. The van der Waals surface area contributed by atoms with Gasteiger partial charge in [0.1, 0.15) is 0 Å². The standard InChI is InChI=1S/C27H28BNO2/c1-26(2)27(3,4)31-28(30-26)21-14-20(15-29-16-21)22-12-10-19-9-8-17-6-5-7-18-11-13-23(22)25(19)24(17)18/h5-11,13-14,16,20,22H,12,15H2,1-4H3/t20-,22?/m1/s1. The van der Waals surface area contributed by atoms with Gasteiger partial charge in [-0.15, -0.1) is 0 Å². The highest BCUT2D eigenvalue weighted by molar-refractivity contribution is 6.60. The molecule has 2 atom stereocenters. The number of aliphatic imine (C=N–C) groups is 1.